The molecule has 2 atom stereocenters. The maximum absolute atomic E-state index is 12.6. The van der Waals surface area contributed by atoms with Crippen LogP contribution in [-0.2, 0) is 23.1 Å². The van der Waals surface area contributed by atoms with Gasteiger partial charge in [-0.2, -0.15) is 0 Å². The first-order valence-corrected chi connectivity index (χ1v) is 10.1. The quantitative estimate of drug-likeness (QED) is 0.768. The number of carbonyl (C=O) groups excluding carboxylic acids is 2. The van der Waals surface area contributed by atoms with Gasteiger partial charge in [0.2, 0.25) is 11.8 Å². The van der Waals surface area contributed by atoms with Gasteiger partial charge < -0.3 is 15.2 Å². The van der Waals surface area contributed by atoms with Gasteiger partial charge in [0.25, 0.3) is 0 Å². The Morgan fingerprint density at radius 2 is 1.96 bits per heavy atom. The van der Waals surface area contributed by atoms with Crippen molar-refractivity contribution < 1.29 is 9.59 Å². The summed E-state index contributed by atoms with van der Waals surface area (Å²) in [7, 11) is 1.86. The fraction of sp³-hybridized carbons (Fsp3) is 0.765. The SMILES string of the molecule is Cn1c(CCC(N)=O)nnc1SCC(=O)N1CC[C@@H]2CCCC[C@@H]2C1. The van der Waals surface area contributed by atoms with Crippen LogP contribution in [0.15, 0.2) is 5.16 Å². The van der Waals surface area contributed by atoms with Crippen LogP contribution in [0.2, 0.25) is 0 Å². The van der Waals surface area contributed by atoms with Gasteiger partial charge in [-0.3, -0.25) is 9.59 Å². The number of thioether (sulfide) groups is 1. The lowest BCUT2D eigenvalue weighted by atomic mass is 9.75. The lowest BCUT2D eigenvalue weighted by molar-refractivity contribution is -0.131. The summed E-state index contributed by atoms with van der Waals surface area (Å²) in [6, 6.07) is 0. The molecule has 3 rings (SSSR count). The third-order valence-electron chi connectivity index (χ3n) is 5.49. The van der Waals surface area contributed by atoms with Gasteiger partial charge in [0.1, 0.15) is 5.82 Å². The number of aryl methyl sites for hydroxylation is 1. The van der Waals surface area contributed by atoms with E-state index in [9.17, 15) is 9.59 Å². The highest BCUT2D eigenvalue weighted by molar-refractivity contribution is 7.99. The summed E-state index contributed by atoms with van der Waals surface area (Å²) in [5.41, 5.74) is 5.17. The Kier molecular flexibility index (Phi) is 5.98. The molecule has 2 heterocycles. The molecule has 2 aliphatic rings. The number of hydrogen-bond donors (Lipinski definition) is 1. The summed E-state index contributed by atoms with van der Waals surface area (Å²) in [6.07, 6.45) is 7.17. The average molecular weight is 366 g/mol. The predicted molar refractivity (Wildman–Crippen MR) is 95.9 cm³/mol. The van der Waals surface area contributed by atoms with E-state index in [-0.39, 0.29) is 18.2 Å². The molecule has 1 aromatic rings. The number of piperidine rings is 1. The highest BCUT2D eigenvalue weighted by Gasteiger charge is 2.32. The lowest BCUT2D eigenvalue weighted by Gasteiger charge is -2.41. The zero-order valence-electron chi connectivity index (χ0n) is 14.8. The molecular weight excluding hydrogens is 338 g/mol. The van der Waals surface area contributed by atoms with Gasteiger partial charge in [-0.1, -0.05) is 31.0 Å². The molecule has 2 fully saturated rings. The Bertz CT molecular complexity index is 633. The lowest BCUT2D eigenvalue weighted by Crippen LogP contribution is -2.45. The summed E-state index contributed by atoms with van der Waals surface area (Å²) in [4.78, 5) is 25.5. The second-order valence-electron chi connectivity index (χ2n) is 7.15. The van der Waals surface area contributed by atoms with E-state index in [1.54, 1.807) is 0 Å². The second-order valence-corrected chi connectivity index (χ2v) is 8.09. The molecule has 1 aliphatic heterocycles. The van der Waals surface area contributed by atoms with E-state index in [1.807, 2.05) is 16.5 Å². The maximum Gasteiger partial charge on any atom is 0.233 e. The number of rotatable bonds is 6. The van der Waals surface area contributed by atoms with Gasteiger partial charge >= 0.3 is 0 Å². The molecule has 8 heteroatoms. The van der Waals surface area contributed by atoms with Crippen LogP contribution in [0.25, 0.3) is 0 Å². The molecule has 2 N–H and O–H groups in total. The van der Waals surface area contributed by atoms with Gasteiger partial charge in [-0.05, 0) is 24.7 Å². The predicted octanol–water partition coefficient (Wildman–Crippen LogP) is 1.36. The number of likely N-dealkylation sites (tertiary alicyclic amines) is 1. The number of nitrogens with two attached hydrogens (primary N) is 1. The molecule has 7 nitrogen and oxygen atoms in total. The molecular formula is C17H27N5O2S. The number of carbonyl (C=O) groups is 2. The van der Waals surface area contributed by atoms with Gasteiger partial charge in [0, 0.05) is 33.0 Å². The fourth-order valence-electron chi connectivity index (χ4n) is 3.97. The summed E-state index contributed by atoms with van der Waals surface area (Å²) < 4.78 is 1.84. The van der Waals surface area contributed by atoms with E-state index in [2.05, 4.69) is 10.2 Å². The van der Waals surface area contributed by atoms with Gasteiger partial charge in [0.15, 0.2) is 5.16 Å². The fourth-order valence-corrected chi connectivity index (χ4v) is 4.80. The summed E-state index contributed by atoms with van der Waals surface area (Å²) in [5.74, 6) is 2.48. The second kappa shape index (κ2) is 8.21. The normalized spacial score (nSPS) is 23.3. The summed E-state index contributed by atoms with van der Waals surface area (Å²) >= 11 is 1.42. The minimum absolute atomic E-state index is 0.190. The van der Waals surface area contributed by atoms with Crippen molar-refractivity contribution >= 4 is 23.6 Å². The monoisotopic (exact) mass is 365 g/mol. The van der Waals surface area contributed by atoms with Crippen molar-refractivity contribution in [3.63, 3.8) is 0 Å². The number of primary amides is 1. The van der Waals surface area contributed by atoms with Crippen LogP contribution in [0.3, 0.4) is 0 Å². The van der Waals surface area contributed by atoms with Crippen LogP contribution >= 0.6 is 11.8 Å². The van der Waals surface area contributed by atoms with E-state index in [4.69, 9.17) is 5.73 Å². The van der Waals surface area contributed by atoms with E-state index in [0.717, 1.165) is 31.3 Å². The van der Waals surface area contributed by atoms with E-state index >= 15 is 0 Å². The van der Waals surface area contributed by atoms with Gasteiger partial charge in [0.05, 0.1) is 5.75 Å². The Hall–Kier alpha value is -1.57. The Morgan fingerprint density at radius 1 is 1.20 bits per heavy atom. The number of amides is 2. The van der Waals surface area contributed by atoms with Crippen LogP contribution in [0.5, 0.6) is 0 Å². The maximum atomic E-state index is 12.6. The molecule has 0 spiro atoms. The Balaban J connectivity index is 1.50. The molecule has 1 aliphatic carbocycles. The van der Waals surface area contributed by atoms with Crippen molar-refractivity contribution in [2.75, 3.05) is 18.8 Å². The van der Waals surface area contributed by atoms with Crippen molar-refractivity contribution in [2.24, 2.45) is 24.6 Å². The topological polar surface area (TPSA) is 94.1 Å². The molecule has 0 radical (unpaired) electrons. The zero-order valence-corrected chi connectivity index (χ0v) is 15.6. The molecule has 138 valence electrons. The molecule has 0 bridgehead atoms. The minimum atomic E-state index is -0.349. The van der Waals surface area contributed by atoms with Gasteiger partial charge in [-0.15, -0.1) is 10.2 Å². The molecule has 2 amide bonds. The van der Waals surface area contributed by atoms with Crippen LogP contribution in [0.1, 0.15) is 44.3 Å². The van der Waals surface area contributed by atoms with Crippen molar-refractivity contribution in [1.82, 2.24) is 19.7 Å². The smallest absolute Gasteiger partial charge is 0.233 e. The third-order valence-corrected chi connectivity index (χ3v) is 6.49. The van der Waals surface area contributed by atoms with Crippen LogP contribution < -0.4 is 5.73 Å². The van der Waals surface area contributed by atoms with E-state index < -0.39 is 0 Å². The summed E-state index contributed by atoms with van der Waals surface area (Å²) in [5, 5.41) is 8.93. The van der Waals surface area contributed by atoms with E-state index in [0.29, 0.717) is 23.2 Å². The molecule has 1 saturated heterocycles. The number of fused-ring (bicyclic) bond motifs is 1. The third kappa shape index (κ3) is 4.54. The van der Waals surface area contributed by atoms with Crippen LogP contribution in [0.4, 0.5) is 0 Å². The van der Waals surface area contributed by atoms with Crippen LogP contribution in [-0.4, -0.2) is 50.3 Å². The molecule has 25 heavy (non-hydrogen) atoms. The highest BCUT2D eigenvalue weighted by Crippen LogP contribution is 2.36. The first kappa shape index (κ1) is 18.2. The van der Waals surface area contributed by atoms with E-state index in [1.165, 1.54) is 37.4 Å². The summed E-state index contributed by atoms with van der Waals surface area (Å²) in [6.45, 7) is 1.82. The van der Waals surface area contributed by atoms with Crippen molar-refractivity contribution in [3.05, 3.63) is 5.82 Å². The van der Waals surface area contributed by atoms with Crippen molar-refractivity contribution in [3.8, 4) is 0 Å². The Morgan fingerprint density at radius 3 is 2.72 bits per heavy atom. The molecule has 0 unspecified atom stereocenters. The molecule has 1 aromatic heterocycles. The Labute approximate surface area is 152 Å². The van der Waals surface area contributed by atoms with Crippen molar-refractivity contribution in [2.45, 2.75) is 50.1 Å². The average Bonchev–Trinajstić information content (AvgIpc) is 2.97. The number of hydrogen-bond acceptors (Lipinski definition) is 5. The highest BCUT2D eigenvalue weighted by atomic mass is 32.2. The minimum Gasteiger partial charge on any atom is -0.370 e. The number of nitrogens with zero attached hydrogens (tertiary/aromatic N) is 4. The van der Waals surface area contributed by atoms with Crippen molar-refractivity contribution in [1.29, 1.82) is 0 Å². The first-order chi connectivity index (χ1) is 12.0. The standard InChI is InChI=1S/C17H27N5O2S/c1-21-15(7-6-14(18)23)19-20-17(21)25-11-16(24)22-9-8-12-4-2-3-5-13(12)10-22/h12-13H,2-11H2,1H3,(H2,18,23)/t12-,13+/m0/s1. The number of aromatic nitrogens is 3. The molecule has 1 saturated carbocycles. The zero-order chi connectivity index (χ0) is 17.8. The molecule has 0 aromatic carbocycles. The van der Waals surface area contributed by atoms with Gasteiger partial charge in [-0.25, -0.2) is 0 Å². The first-order valence-electron chi connectivity index (χ1n) is 9.11. The van der Waals surface area contributed by atoms with Crippen LogP contribution in [0, 0.1) is 11.8 Å². The largest absolute Gasteiger partial charge is 0.370 e.